The molecule has 1 aromatic heterocycles. The molecular formula is C7H11N3O. The van der Waals surface area contributed by atoms with Gasteiger partial charge in [0.2, 0.25) is 0 Å². The van der Waals surface area contributed by atoms with Crippen LogP contribution in [0.25, 0.3) is 0 Å². The van der Waals surface area contributed by atoms with E-state index in [-0.39, 0.29) is 5.96 Å². The van der Waals surface area contributed by atoms with E-state index in [4.69, 9.17) is 15.6 Å². The molecule has 4 nitrogen and oxygen atoms in total. The van der Waals surface area contributed by atoms with Crippen molar-refractivity contribution in [2.75, 3.05) is 7.05 Å². The maximum absolute atomic E-state index is 7.08. The van der Waals surface area contributed by atoms with E-state index < -0.39 is 0 Å². The second-order valence-electron chi connectivity index (χ2n) is 2.37. The van der Waals surface area contributed by atoms with Crippen LogP contribution in [0.5, 0.6) is 0 Å². The first-order valence-electron chi connectivity index (χ1n) is 3.26. The topological polar surface area (TPSA) is 66.2 Å². The van der Waals surface area contributed by atoms with E-state index in [1.807, 2.05) is 6.07 Å². The molecule has 0 aliphatic heterocycles. The summed E-state index contributed by atoms with van der Waals surface area (Å²) in [6, 6.07) is 1.85. The zero-order valence-electron chi connectivity index (χ0n) is 6.37. The number of guanidine groups is 1. The molecule has 0 aliphatic rings. The Morgan fingerprint density at radius 3 is 3.00 bits per heavy atom. The molecule has 0 unspecified atom stereocenters. The van der Waals surface area contributed by atoms with Gasteiger partial charge in [0.1, 0.15) is 0 Å². The lowest BCUT2D eigenvalue weighted by atomic mass is 10.3. The molecule has 0 fully saturated rings. The summed E-state index contributed by atoms with van der Waals surface area (Å²) in [5.41, 5.74) is 6.25. The van der Waals surface area contributed by atoms with Gasteiger partial charge in [0.05, 0.1) is 12.5 Å². The highest BCUT2D eigenvalue weighted by atomic mass is 16.3. The average Bonchev–Trinajstić information content (AvgIpc) is 2.39. The summed E-state index contributed by atoms with van der Waals surface area (Å²) in [6.07, 6.45) is 3.24. The molecule has 0 saturated carbocycles. The third-order valence-electron chi connectivity index (χ3n) is 1.41. The van der Waals surface area contributed by atoms with Gasteiger partial charge in [-0.15, -0.1) is 0 Å². The third-order valence-corrected chi connectivity index (χ3v) is 1.41. The molecule has 0 radical (unpaired) electrons. The minimum atomic E-state index is 0.0613. The van der Waals surface area contributed by atoms with Gasteiger partial charge in [0.25, 0.3) is 0 Å². The Morgan fingerprint density at radius 2 is 2.55 bits per heavy atom. The Hall–Kier alpha value is -1.45. The highest BCUT2D eigenvalue weighted by Gasteiger charge is 2.00. The van der Waals surface area contributed by atoms with E-state index in [1.165, 1.54) is 0 Å². The van der Waals surface area contributed by atoms with Crippen molar-refractivity contribution >= 4 is 5.96 Å². The highest BCUT2D eigenvalue weighted by molar-refractivity contribution is 5.74. The van der Waals surface area contributed by atoms with E-state index in [0.29, 0.717) is 6.54 Å². The summed E-state index contributed by atoms with van der Waals surface area (Å²) in [5, 5.41) is 7.08. The molecule has 60 valence electrons. The second-order valence-corrected chi connectivity index (χ2v) is 2.37. The number of nitrogens with zero attached hydrogens (tertiary/aromatic N) is 1. The Morgan fingerprint density at radius 1 is 1.82 bits per heavy atom. The fraction of sp³-hybridized carbons (Fsp3) is 0.286. The largest absolute Gasteiger partial charge is 0.472 e. The number of rotatable bonds is 2. The minimum Gasteiger partial charge on any atom is -0.472 e. The highest BCUT2D eigenvalue weighted by Crippen LogP contribution is 2.02. The second kappa shape index (κ2) is 3.09. The smallest absolute Gasteiger partial charge is 0.188 e. The Balaban J connectivity index is 2.50. The molecule has 0 aliphatic carbocycles. The van der Waals surface area contributed by atoms with Crippen LogP contribution in [-0.2, 0) is 6.54 Å². The van der Waals surface area contributed by atoms with Crippen molar-refractivity contribution in [2.45, 2.75) is 6.54 Å². The average molecular weight is 153 g/mol. The van der Waals surface area contributed by atoms with Crippen LogP contribution in [0.4, 0.5) is 0 Å². The van der Waals surface area contributed by atoms with Crippen molar-refractivity contribution in [3.63, 3.8) is 0 Å². The summed E-state index contributed by atoms with van der Waals surface area (Å²) in [5.74, 6) is 0.0613. The van der Waals surface area contributed by atoms with Crippen LogP contribution in [-0.4, -0.2) is 17.9 Å². The summed E-state index contributed by atoms with van der Waals surface area (Å²) < 4.78 is 4.86. The molecule has 1 aromatic rings. The molecule has 0 atom stereocenters. The predicted molar refractivity (Wildman–Crippen MR) is 42.1 cm³/mol. The van der Waals surface area contributed by atoms with Crippen molar-refractivity contribution in [2.24, 2.45) is 5.73 Å². The Labute approximate surface area is 65.1 Å². The monoisotopic (exact) mass is 153 g/mol. The molecule has 1 heterocycles. The fourth-order valence-corrected chi connectivity index (χ4v) is 0.742. The molecule has 0 saturated heterocycles. The van der Waals surface area contributed by atoms with Crippen LogP contribution in [0.3, 0.4) is 0 Å². The number of hydrogen-bond donors (Lipinski definition) is 2. The summed E-state index contributed by atoms with van der Waals surface area (Å²) in [6.45, 7) is 0.617. The first-order chi connectivity index (χ1) is 5.20. The van der Waals surface area contributed by atoms with Crippen molar-refractivity contribution in [3.8, 4) is 0 Å². The van der Waals surface area contributed by atoms with Crippen molar-refractivity contribution < 1.29 is 4.42 Å². The molecule has 4 heteroatoms. The zero-order valence-corrected chi connectivity index (χ0v) is 6.37. The standard InChI is InChI=1S/C7H11N3O/c1-10(7(8)9)4-6-2-3-11-5-6/h2-3,5H,4H2,1H3,(H3,8,9). The normalized spacial score (nSPS) is 9.55. The Kier molecular flexibility index (Phi) is 2.15. The Bertz CT molecular complexity index is 230. The van der Waals surface area contributed by atoms with E-state index in [0.717, 1.165) is 5.56 Å². The SMILES string of the molecule is CN(Cc1ccoc1)C(=N)N. The summed E-state index contributed by atoms with van der Waals surface area (Å²) in [7, 11) is 1.76. The minimum absolute atomic E-state index is 0.0613. The fourth-order valence-electron chi connectivity index (χ4n) is 0.742. The van der Waals surface area contributed by atoms with Crippen molar-refractivity contribution in [1.82, 2.24) is 4.90 Å². The van der Waals surface area contributed by atoms with Crippen LogP contribution in [0.15, 0.2) is 23.0 Å². The first kappa shape index (κ1) is 7.65. The number of hydrogen-bond acceptors (Lipinski definition) is 2. The number of nitrogens with two attached hydrogens (primary N) is 1. The molecule has 0 spiro atoms. The van der Waals surface area contributed by atoms with Gasteiger partial charge in [-0.05, 0) is 6.07 Å². The van der Waals surface area contributed by atoms with Gasteiger partial charge in [-0.25, -0.2) is 0 Å². The van der Waals surface area contributed by atoms with Crippen LogP contribution < -0.4 is 5.73 Å². The van der Waals surface area contributed by atoms with E-state index in [1.54, 1.807) is 24.5 Å². The van der Waals surface area contributed by atoms with E-state index >= 15 is 0 Å². The summed E-state index contributed by atoms with van der Waals surface area (Å²) >= 11 is 0. The maximum Gasteiger partial charge on any atom is 0.188 e. The van der Waals surface area contributed by atoms with Gasteiger partial charge in [-0.1, -0.05) is 0 Å². The van der Waals surface area contributed by atoms with Gasteiger partial charge in [0.15, 0.2) is 5.96 Å². The molecule has 3 N–H and O–H groups in total. The van der Waals surface area contributed by atoms with Crippen LogP contribution >= 0.6 is 0 Å². The maximum atomic E-state index is 7.08. The lowest BCUT2D eigenvalue weighted by Gasteiger charge is -2.14. The lowest BCUT2D eigenvalue weighted by molar-refractivity contribution is 0.483. The van der Waals surface area contributed by atoms with E-state index in [2.05, 4.69) is 0 Å². The van der Waals surface area contributed by atoms with E-state index in [9.17, 15) is 0 Å². The quantitative estimate of drug-likeness (QED) is 0.483. The lowest BCUT2D eigenvalue weighted by Crippen LogP contribution is -2.31. The molecule has 11 heavy (non-hydrogen) atoms. The molecule has 0 aromatic carbocycles. The van der Waals surface area contributed by atoms with Gasteiger partial charge in [0, 0.05) is 19.2 Å². The van der Waals surface area contributed by atoms with Crippen molar-refractivity contribution in [3.05, 3.63) is 24.2 Å². The first-order valence-corrected chi connectivity index (χ1v) is 3.26. The molecule has 0 amide bonds. The van der Waals surface area contributed by atoms with Gasteiger partial charge in [-0.2, -0.15) is 0 Å². The van der Waals surface area contributed by atoms with Crippen LogP contribution in [0, 0.1) is 5.41 Å². The third kappa shape index (κ3) is 2.00. The van der Waals surface area contributed by atoms with Crippen molar-refractivity contribution in [1.29, 1.82) is 5.41 Å². The molecular weight excluding hydrogens is 142 g/mol. The predicted octanol–water partition coefficient (Wildman–Crippen LogP) is 0.605. The number of furan rings is 1. The zero-order chi connectivity index (χ0) is 8.27. The molecule has 1 rings (SSSR count). The van der Waals surface area contributed by atoms with Crippen LogP contribution in [0.2, 0.25) is 0 Å². The van der Waals surface area contributed by atoms with Gasteiger partial charge in [-0.3, -0.25) is 5.41 Å². The van der Waals surface area contributed by atoms with Gasteiger partial charge < -0.3 is 15.1 Å². The van der Waals surface area contributed by atoms with Crippen LogP contribution in [0.1, 0.15) is 5.56 Å². The summed E-state index contributed by atoms with van der Waals surface area (Å²) in [4.78, 5) is 1.63. The van der Waals surface area contributed by atoms with Gasteiger partial charge >= 0.3 is 0 Å². The molecule has 0 bridgehead atoms. The number of nitrogens with one attached hydrogen (secondary N) is 1.